The van der Waals surface area contributed by atoms with E-state index in [0.29, 0.717) is 23.4 Å². The Kier molecular flexibility index (Phi) is 4.63. The van der Waals surface area contributed by atoms with E-state index in [9.17, 15) is 10.1 Å². The van der Waals surface area contributed by atoms with E-state index in [4.69, 9.17) is 9.40 Å². The molecule has 26 heavy (non-hydrogen) atoms. The molecule has 3 aromatic rings. The molecule has 0 N–H and O–H groups in total. The van der Waals surface area contributed by atoms with Crippen LogP contribution in [0.4, 0.5) is 0 Å². The van der Waals surface area contributed by atoms with Crippen molar-refractivity contribution in [3.8, 4) is 6.07 Å². The molecule has 3 heterocycles. The van der Waals surface area contributed by atoms with Gasteiger partial charge >= 0.3 is 0 Å². The van der Waals surface area contributed by atoms with Crippen LogP contribution in [-0.2, 0) is 19.4 Å². The summed E-state index contributed by atoms with van der Waals surface area (Å²) in [4.78, 5) is 20.2. The number of furan rings is 1. The topological polar surface area (TPSA) is 71.8 Å². The van der Waals surface area contributed by atoms with Crippen LogP contribution in [0.15, 0.2) is 32.8 Å². The SMILES string of the molecule is C[C@@H]1CCc2c(sc3nc(S[C@@H](C)C#N)n(Cc4ccco4)c(=O)c23)C1. The molecule has 0 aromatic carbocycles. The Balaban J connectivity index is 1.90. The van der Waals surface area contributed by atoms with Crippen molar-refractivity contribution in [1.82, 2.24) is 9.55 Å². The van der Waals surface area contributed by atoms with E-state index in [1.54, 1.807) is 22.2 Å². The Bertz CT molecular complexity index is 1040. The second kappa shape index (κ2) is 6.93. The van der Waals surface area contributed by atoms with E-state index in [0.717, 1.165) is 29.5 Å². The first-order valence-electron chi connectivity index (χ1n) is 8.70. The number of rotatable bonds is 4. The van der Waals surface area contributed by atoms with Crippen molar-refractivity contribution >= 4 is 33.3 Å². The number of aromatic nitrogens is 2. The fourth-order valence-electron chi connectivity index (χ4n) is 3.38. The Hall–Kier alpha value is -2.04. The summed E-state index contributed by atoms with van der Waals surface area (Å²) < 4.78 is 7.10. The zero-order valence-electron chi connectivity index (χ0n) is 14.7. The Morgan fingerprint density at radius 1 is 1.58 bits per heavy atom. The summed E-state index contributed by atoms with van der Waals surface area (Å²) in [5.74, 6) is 1.35. The molecule has 134 valence electrons. The highest BCUT2D eigenvalue weighted by Gasteiger charge is 2.25. The molecule has 0 spiro atoms. The third-order valence-electron chi connectivity index (χ3n) is 4.74. The lowest BCUT2D eigenvalue weighted by Crippen LogP contribution is -2.25. The molecular weight excluding hydrogens is 366 g/mol. The van der Waals surface area contributed by atoms with Crippen molar-refractivity contribution in [3.63, 3.8) is 0 Å². The monoisotopic (exact) mass is 385 g/mol. The summed E-state index contributed by atoms with van der Waals surface area (Å²) in [6.45, 7) is 4.40. The van der Waals surface area contributed by atoms with Crippen LogP contribution in [0.5, 0.6) is 0 Å². The van der Waals surface area contributed by atoms with E-state index in [1.165, 1.54) is 22.2 Å². The first-order chi connectivity index (χ1) is 12.6. The number of hydrogen-bond donors (Lipinski definition) is 0. The molecule has 1 aliphatic rings. The molecule has 4 rings (SSSR count). The number of aryl methyl sites for hydroxylation is 1. The molecule has 0 saturated heterocycles. The number of nitrogens with zero attached hydrogens (tertiary/aromatic N) is 3. The first kappa shape index (κ1) is 17.4. The predicted molar refractivity (Wildman–Crippen MR) is 104 cm³/mol. The van der Waals surface area contributed by atoms with Crippen molar-refractivity contribution < 1.29 is 4.42 Å². The van der Waals surface area contributed by atoms with Gasteiger partial charge in [0.1, 0.15) is 10.6 Å². The Labute approximate surface area is 159 Å². The fraction of sp³-hybridized carbons (Fsp3) is 0.421. The fourth-order valence-corrected chi connectivity index (χ4v) is 5.60. The minimum atomic E-state index is -0.281. The highest BCUT2D eigenvalue weighted by atomic mass is 32.2. The van der Waals surface area contributed by atoms with Crippen LogP contribution in [0, 0.1) is 17.2 Å². The molecule has 3 aromatic heterocycles. The summed E-state index contributed by atoms with van der Waals surface area (Å²) in [7, 11) is 0. The van der Waals surface area contributed by atoms with Gasteiger partial charge in [0, 0.05) is 4.88 Å². The largest absolute Gasteiger partial charge is 0.467 e. The van der Waals surface area contributed by atoms with Crippen LogP contribution in [0.25, 0.3) is 10.2 Å². The number of fused-ring (bicyclic) bond motifs is 3. The van der Waals surface area contributed by atoms with Gasteiger partial charge in [-0.25, -0.2) is 4.98 Å². The maximum atomic E-state index is 13.4. The van der Waals surface area contributed by atoms with Crippen LogP contribution < -0.4 is 5.56 Å². The summed E-state index contributed by atoms with van der Waals surface area (Å²) in [6, 6.07) is 5.87. The first-order valence-corrected chi connectivity index (χ1v) is 10.4. The van der Waals surface area contributed by atoms with Gasteiger partial charge in [0.15, 0.2) is 5.16 Å². The third kappa shape index (κ3) is 3.08. The zero-order chi connectivity index (χ0) is 18.3. The van der Waals surface area contributed by atoms with Crippen molar-refractivity contribution in [3.05, 3.63) is 45.0 Å². The van der Waals surface area contributed by atoms with Crippen molar-refractivity contribution in [1.29, 1.82) is 5.26 Å². The average Bonchev–Trinajstić information content (AvgIpc) is 3.24. The average molecular weight is 386 g/mol. The maximum absolute atomic E-state index is 13.4. The third-order valence-corrected chi connectivity index (χ3v) is 6.87. The summed E-state index contributed by atoms with van der Waals surface area (Å²) in [6.07, 6.45) is 4.67. The van der Waals surface area contributed by atoms with Gasteiger partial charge in [-0.15, -0.1) is 11.3 Å². The summed E-state index contributed by atoms with van der Waals surface area (Å²) in [5.41, 5.74) is 1.16. The van der Waals surface area contributed by atoms with Gasteiger partial charge in [0.2, 0.25) is 0 Å². The number of nitriles is 1. The lowest BCUT2D eigenvalue weighted by molar-refractivity contribution is 0.476. The number of thioether (sulfide) groups is 1. The minimum Gasteiger partial charge on any atom is -0.467 e. The second-order valence-electron chi connectivity index (χ2n) is 6.79. The van der Waals surface area contributed by atoms with Gasteiger partial charge in [-0.3, -0.25) is 9.36 Å². The maximum Gasteiger partial charge on any atom is 0.263 e. The standard InChI is InChI=1S/C19H19N3O2S2/c1-11-5-6-14-15(8-11)26-17-16(14)18(23)22(10-13-4-3-7-24-13)19(21-17)25-12(2)9-20/h3-4,7,11-12H,5-6,8,10H2,1-2H3/t11-,12+/m1/s1. The number of hydrogen-bond acceptors (Lipinski definition) is 6. The van der Waals surface area contributed by atoms with Gasteiger partial charge in [0.25, 0.3) is 5.56 Å². The molecule has 0 bridgehead atoms. The van der Waals surface area contributed by atoms with Crippen LogP contribution in [-0.4, -0.2) is 14.8 Å². The highest BCUT2D eigenvalue weighted by molar-refractivity contribution is 8.00. The molecular formula is C19H19N3O2S2. The van der Waals surface area contributed by atoms with Crippen molar-refractivity contribution in [2.45, 2.75) is 50.1 Å². The molecule has 0 amide bonds. The molecule has 0 radical (unpaired) electrons. The highest BCUT2D eigenvalue weighted by Crippen LogP contribution is 2.37. The van der Waals surface area contributed by atoms with E-state index < -0.39 is 0 Å². The van der Waals surface area contributed by atoms with E-state index >= 15 is 0 Å². The smallest absolute Gasteiger partial charge is 0.263 e. The lowest BCUT2D eigenvalue weighted by atomic mass is 9.89. The summed E-state index contributed by atoms with van der Waals surface area (Å²) >= 11 is 2.96. The van der Waals surface area contributed by atoms with E-state index in [1.807, 2.05) is 19.1 Å². The van der Waals surface area contributed by atoms with Gasteiger partial charge in [0.05, 0.1) is 29.5 Å². The minimum absolute atomic E-state index is 0.0221. The Morgan fingerprint density at radius 2 is 2.42 bits per heavy atom. The van der Waals surface area contributed by atoms with Crippen LogP contribution in [0.2, 0.25) is 0 Å². The van der Waals surface area contributed by atoms with E-state index in [2.05, 4.69) is 13.0 Å². The normalized spacial score (nSPS) is 17.8. The molecule has 2 atom stereocenters. The molecule has 5 nitrogen and oxygen atoms in total. The number of thiophene rings is 1. The molecule has 0 aliphatic heterocycles. The Morgan fingerprint density at radius 3 is 3.15 bits per heavy atom. The van der Waals surface area contributed by atoms with Crippen LogP contribution in [0.1, 0.15) is 36.5 Å². The molecule has 0 unspecified atom stereocenters. The van der Waals surface area contributed by atoms with Gasteiger partial charge in [-0.05, 0) is 49.8 Å². The van der Waals surface area contributed by atoms with Crippen LogP contribution in [0.3, 0.4) is 0 Å². The van der Waals surface area contributed by atoms with Gasteiger partial charge < -0.3 is 4.42 Å². The molecule has 7 heteroatoms. The van der Waals surface area contributed by atoms with Gasteiger partial charge in [-0.1, -0.05) is 18.7 Å². The van der Waals surface area contributed by atoms with Crippen molar-refractivity contribution in [2.24, 2.45) is 5.92 Å². The summed E-state index contributed by atoms with van der Waals surface area (Å²) in [5, 5.41) is 10.2. The van der Waals surface area contributed by atoms with Crippen molar-refractivity contribution in [2.75, 3.05) is 0 Å². The van der Waals surface area contributed by atoms with Crippen LogP contribution >= 0.6 is 23.1 Å². The molecule has 0 saturated carbocycles. The van der Waals surface area contributed by atoms with E-state index in [-0.39, 0.29) is 10.8 Å². The second-order valence-corrected chi connectivity index (χ2v) is 9.18. The van der Waals surface area contributed by atoms with Gasteiger partial charge in [-0.2, -0.15) is 5.26 Å². The molecule has 1 aliphatic carbocycles. The quantitative estimate of drug-likeness (QED) is 0.496. The predicted octanol–water partition coefficient (Wildman–Crippen LogP) is 4.23. The lowest BCUT2D eigenvalue weighted by Gasteiger charge is -2.17. The zero-order valence-corrected chi connectivity index (χ0v) is 16.3. The molecule has 0 fully saturated rings.